The van der Waals surface area contributed by atoms with Gasteiger partial charge in [0.25, 0.3) is 5.56 Å². The molecule has 146 valence electrons. The van der Waals surface area contributed by atoms with Crippen LogP contribution in [0.3, 0.4) is 0 Å². The topological polar surface area (TPSA) is 64.0 Å². The second-order valence-electron chi connectivity index (χ2n) is 6.23. The Morgan fingerprint density at radius 1 is 1.29 bits per heavy atom. The summed E-state index contributed by atoms with van der Waals surface area (Å²) in [5.41, 5.74) is 1.29. The first kappa shape index (κ1) is 20.5. The summed E-state index contributed by atoms with van der Waals surface area (Å²) >= 11 is 4.59. The van der Waals surface area contributed by atoms with E-state index in [4.69, 9.17) is 0 Å². The Bertz CT molecular complexity index is 1070. The van der Waals surface area contributed by atoms with Crippen molar-refractivity contribution in [1.82, 2.24) is 14.9 Å². The predicted octanol–water partition coefficient (Wildman–Crippen LogP) is 4.29. The molecular formula is C20H19BrFN3O2S. The van der Waals surface area contributed by atoms with Crippen LogP contribution < -0.4 is 10.9 Å². The van der Waals surface area contributed by atoms with Crippen molar-refractivity contribution in [2.75, 3.05) is 5.75 Å². The lowest BCUT2D eigenvalue weighted by Crippen LogP contribution is -2.29. The quantitative estimate of drug-likeness (QED) is 0.437. The smallest absolute Gasteiger partial charge is 0.262 e. The number of halogens is 2. The van der Waals surface area contributed by atoms with E-state index in [0.717, 1.165) is 10.0 Å². The van der Waals surface area contributed by atoms with Crippen molar-refractivity contribution in [1.29, 1.82) is 0 Å². The van der Waals surface area contributed by atoms with Gasteiger partial charge >= 0.3 is 0 Å². The third-order valence-electron chi connectivity index (χ3n) is 4.28. The van der Waals surface area contributed by atoms with Crippen molar-refractivity contribution in [3.63, 3.8) is 0 Å². The Morgan fingerprint density at radius 2 is 2.00 bits per heavy atom. The fourth-order valence-corrected chi connectivity index (χ4v) is 4.05. The van der Waals surface area contributed by atoms with Gasteiger partial charge in [0.15, 0.2) is 5.16 Å². The Morgan fingerprint density at radius 3 is 2.68 bits per heavy atom. The van der Waals surface area contributed by atoms with E-state index >= 15 is 0 Å². The largest absolute Gasteiger partial charge is 0.349 e. The molecule has 0 saturated carbocycles. The van der Waals surface area contributed by atoms with Crippen LogP contribution in [0.2, 0.25) is 0 Å². The molecule has 0 bridgehead atoms. The van der Waals surface area contributed by atoms with Crippen molar-refractivity contribution in [3.8, 4) is 0 Å². The highest BCUT2D eigenvalue weighted by Crippen LogP contribution is 2.21. The summed E-state index contributed by atoms with van der Waals surface area (Å²) in [5, 5.41) is 3.92. The first-order chi connectivity index (χ1) is 13.4. The van der Waals surface area contributed by atoms with Gasteiger partial charge in [0.1, 0.15) is 5.82 Å². The van der Waals surface area contributed by atoms with E-state index in [1.807, 2.05) is 19.9 Å². The molecule has 1 aromatic heterocycles. The van der Waals surface area contributed by atoms with Gasteiger partial charge < -0.3 is 5.32 Å². The lowest BCUT2D eigenvalue weighted by Gasteiger charge is -2.15. The minimum Gasteiger partial charge on any atom is -0.349 e. The molecule has 5 nitrogen and oxygen atoms in total. The number of rotatable bonds is 6. The van der Waals surface area contributed by atoms with E-state index in [9.17, 15) is 14.0 Å². The van der Waals surface area contributed by atoms with Crippen LogP contribution in [0.25, 0.3) is 10.9 Å². The summed E-state index contributed by atoms with van der Waals surface area (Å²) in [6, 6.07) is 11.1. The number of hydrogen-bond acceptors (Lipinski definition) is 4. The maximum atomic E-state index is 13.0. The SMILES string of the molecule is CCn1c(SCC(=O)NC(C)c2ccc(F)cc2)nc2ccc(Br)cc2c1=O. The zero-order valence-electron chi connectivity index (χ0n) is 15.4. The van der Waals surface area contributed by atoms with Crippen LogP contribution in [0.4, 0.5) is 4.39 Å². The average molecular weight is 464 g/mol. The third kappa shape index (κ3) is 4.62. The summed E-state index contributed by atoms with van der Waals surface area (Å²) in [6.45, 7) is 4.17. The summed E-state index contributed by atoms with van der Waals surface area (Å²) in [6.07, 6.45) is 0. The first-order valence-corrected chi connectivity index (χ1v) is 10.5. The van der Waals surface area contributed by atoms with Crippen molar-refractivity contribution >= 4 is 44.5 Å². The number of benzene rings is 2. The van der Waals surface area contributed by atoms with Gasteiger partial charge in [-0.05, 0) is 49.7 Å². The molecule has 8 heteroatoms. The van der Waals surface area contributed by atoms with Gasteiger partial charge in [0, 0.05) is 11.0 Å². The normalized spacial score (nSPS) is 12.1. The summed E-state index contributed by atoms with van der Waals surface area (Å²) in [5.74, 6) is -0.376. The molecule has 3 aromatic rings. The van der Waals surface area contributed by atoms with Crippen molar-refractivity contribution in [2.24, 2.45) is 0 Å². The van der Waals surface area contributed by atoms with Gasteiger partial charge in [-0.25, -0.2) is 9.37 Å². The van der Waals surface area contributed by atoms with Crippen LogP contribution >= 0.6 is 27.7 Å². The highest BCUT2D eigenvalue weighted by molar-refractivity contribution is 9.10. The van der Waals surface area contributed by atoms with Crippen LogP contribution in [-0.4, -0.2) is 21.2 Å². The molecule has 1 unspecified atom stereocenters. The fourth-order valence-electron chi connectivity index (χ4n) is 2.81. The Balaban J connectivity index is 1.73. The number of amides is 1. The van der Waals surface area contributed by atoms with Gasteiger partial charge in [-0.1, -0.05) is 39.8 Å². The maximum Gasteiger partial charge on any atom is 0.262 e. The number of carbonyl (C=O) groups is 1. The number of fused-ring (bicyclic) bond motifs is 1. The third-order valence-corrected chi connectivity index (χ3v) is 5.75. The molecule has 0 aliphatic heterocycles. The minimum absolute atomic E-state index is 0.125. The predicted molar refractivity (Wildman–Crippen MR) is 113 cm³/mol. The molecule has 3 rings (SSSR count). The second-order valence-corrected chi connectivity index (χ2v) is 8.09. The molecule has 1 N–H and O–H groups in total. The van der Waals surface area contributed by atoms with Crippen molar-refractivity contribution < 1.29 is 9.18 Å². The molecule has 0 aliphatic carbocycles. The average Bonchev–Trinajstić information content (AvgIpc) is 2.67. The molecule has 0 saturated heterocycles. The molecule has 0 radical (unpaired) electrons. The van der Waals surface area contributed by atoms with Crippen LogP contribution in [0.1, 0.15) is 25.5 Å². The summed E-state index contributed by atoms with van der Waals surface area (Å²) in [4.78, 5) is 29.6. The number of aromatic nitrogens is 2. The van der Waals surface area contributed by atoms with E-state index in [2.05, 4.69) is 26.2 Å². The van der Waals surface area contributed by atoms with E-state index < -0.39 is 0 Å². The van der Waals surface area contributed by atoms with E-state index in [-0.39, 0.29) is 29.1 Å². The highest BCUT2D eigenvalue weighted by atomic mass is 79.9. The van der Waals surface area contributed by atoms with E-state index in [1.54, 1.807) is 28.8 Å². The molecule has 2 aromatic carbocycles. The second kappa shape index (κ2) is 8.87. The Kier molecular flexibility index (Phi) is 6.51. The van der Waals surface area contributed by atoms with Crippen LogP contribution in [0, 0.1) is 5.82 Å². The minimum atomic E-state index is -0.315. The first-order valence-electron chi connectivity index (χ1n) is 8.76. The van der Waals surface area contributed by atoms with E-state index in [1.165, 1.54) is 23.9 Å². The molecule has 0 spiro atoms. The van der Waals surface area contributed by atoms with Gasteiger partial charge in [-0.2, -0.15) is 0 Å². The van der Waals surface area contributed by atoms with Gasteiger partial charge in [-0.3, -0.25) is 14.2 Å². The van der Waals surface area contributed by atoms with Crippen LogP contribution in [0.5, 0.6) is 0 Å². The van der Waals surface area contributed by atoms with Crippen molar-refractivity contribution in [2.45, 2.75) is 31.6 Å². The molecular weight excluding hydrogens is 445 g/mol. The van der Waals surface area contributed by atoms with Gasteiger partial charge in [-0.15, -0.1) is 0 Å². The molecule has 0 fully saturated rings. The van der Waals surface area contributed by atoms with E-state index in [0.29, 0.717) is 22.6 Å². The highest BCUT2D eigenvalue weighted by Gasteiger charge is 2.14. The number of hydrogen-bond donors (Lipinski definition) is 1. The lowest BCUT2D eigenvalue weighted by atomic mass is 10.1. The van der Waals surface area contributed by atoms with Crippen molar-refractivity contribution in [3.05, 3.63) is 68.7 Å². The summed E-state index contributed by atoms with van der Waals surface area (Å²) in [7, 11) is 0. The summed E-state index contributed by atoms with van der Waals surface area (Å²) < 4.78 is 15.4. The Hall–Kier alpha value is -2.19. The number of thioether (sulfide) groups is 1. The van der Waals surface area contributed by atoms with Crippen LogP contribution in [0.15, 0.2) is 56.9 Å². The molecule has 1 heterocycles. The zero-order chi connectivity index (χ0) is 20.3. The fraction of sp³-hybridized carbons (Fsp3) is 0.250. The maximum absolute atomic E-state index is 13.0. The van der Waals surface area contributed by atoms with Gasteiger partial charge in [0.2, 0.25) is 5.91 Å². The molecule has 28 heavy (non-hydrogen) atoms. The zero-order valence-corrected chi connectivity index (χ0v) is 17.8. The number of nitrogens with zero attached hydrogens (tertiary/aromatic N) is 2. The Labute approximate surface area is 174 Å². The van der Waals surface area contributed by atoms with Crippen LogP contribution in [-0.2, 0) is 11.3 Å². The number of nitrogens with one attached hydrogen (secondary N) is 1. The molecule has 0 aliphatic rings. The standard InChI is InChI=1S/C20H19BrFN3O2S/c1-3-25-19(27)16-10-14(21)6-9-17(16)24-20(25)28-11-18(26)23-12(2)13-4-7-15(22)8-5-13/h4-10,12H,3,11H2,1-2H3,(H,23,26). The van der Waals surface area contributed by atoms with Gasteiger partial charge in [0.05, 0.1) is 22.7 Å². The molecule has 1 amide bonds. The lowest BCUT2D eigenvalue weighted by molar-refractivity contribution is -0.119. The number of carbonyl (C=O) groups excluding carboxylic acids is 1. The monoisotopic (exact) mass is 463 g/mol. The molecule has 1 atom stereocenters.